The molecule has 148 valence electrons. The Bertz CT molecular complexity index is 905. The van der Waals surface area contributed by atoms with Gasteiger partial charge in [0.1, 0.15) is 0 Å². The number of likely N-dealkylation sites (tertiary alicyclic amines) is 1. The van der Waals surface area contributed by atoms with Gasteiger partial charge >= 0.3 is 5.97 Å². The molecule has 0 unspecified atom stereocenters. The molecule has 3 heterocycles. The molecule has 4 rings (SSSR count). The number of ether oxygens (including phenoxy) is 1. The summed E-state index contributed by atoms with van der Waals surface area (Å²) in [6.45, 7) is 6.16. The number of carboxylic acids is 1. The molecule has 1 aromatic carbocycles. The van der Waals surface area contributed by atoms with E-state index in [1.807, 2.05) is 48.9 Å². The molecule has 2 saturated heterocycles. The fraction of sp³-hybridized carbons (Fsp3) is 0.476. The Kier molecular flexibility index (Phi) is 4.71. The van der Waals surface area contributed by atoms with Gasteiger partial charge in [0.05, 0.1) is 24.3 Å². The lowest BCUT2D eigenvalue weighted by atomic mass is 9.74. The van der Waals surface area contributed by atoms with E-state index in [9.17, 15) is 14.7 Å². The second-order valence-electron chi connectivity index (χ2n) is 7.95. The lowest BCUT2D eigenvalue weighted by Gasteiger charge is -2.33. The predicted octanol–water partition coefficient (Wildman–Crippen LogP) is 2.11. The fourth-order valence-electron chi connectivity index (χ4n) is 4.40. The van der Waals surface area contributed by atoms with Crippen molar-refractivity contribution in [3.8, 4) is 0 Å². The van der Waals surface area contributed by atoms with Crippen LogP contribution in [0.15, 0.2) is 30.3 Å². The Hall–Kier alpha value is -2.67. The van der Waals surface area contributed by atoms with Crippen LogP contribution in [0.1, 0.15) is 33.7 Å². The van der Waals surface area contributed by atoms with Crippen LogP contribution in [0.5, 0.6) is 0 Å². The minimum Gasteiger partial charge on any atom is -0.481 e. The molecule has 0 aliphatic carbocycles. The van der Waals surface area contributed by atoms with Crippen molar-refractivity contribution in [1.29, 1.82) is 0 Å². The van der Waals surface area contributed by atoms with Crippen molar-refractivity contribution in [2.75, 3.05) is 26.3 Å². The zero-order chi connectivity index (χ0) is 19.9. The van der Waals surface area contributed by atoms with Crippen molar-refractivity contribution in [2.45, 2.75) is 26.8 Å². The molecule has 2 fully saturated rings. The Morgan fingerprint density at radius 3 is 2.64 bits per heavy atom. The average Bonchev–Trinajstić information content (AvgIpc) is 3.22. The highest BCUT2D eigenvalue weighted by molar-refractivity contribution is 5.95. The molecule has 1 N–H and O–H groups in total. The highest BCUT2D eigenvalue weighted by Gasteiger charge is 2.54. The van der Waals surface area contributed by atoms with Crippen molar-refractivity contribution < 1.29 is 19.4 Å². The number of carbonyl (C=O) groups excluding carboxylic acids is 1. The molecule has 7 heteroatoms. The van der Waals surface area contributed by atoms with Crippen LogP contribution in [0.3, 0.4) is 0 Å². The van der Waals surface area contributed by atoms with Crippen molar-refractivity contribution >= 4 is 11.9 Å². The molecular formula is C21H25N3O4. The van der Waals surface area contributed by atoms with Gasteiger partial charge in [-0.2, -0.15) is 5.10 Å². The van der Waals surface area contributed by atoms with Crippen LogP contribution < -0.4 is 0 Å². The van der Waals surface area contributed by atoms with E-state index in [0.717, 1.165) is 17.0 Å². The molecule has 7 nitrogen and oxygen atoms in total. The zero-order valence-corrected chi connectivity index (χ0v) is 16.2. The van der Waals surface area contributed by atoms with E-state index in [4.69, 9.17) is 4.74 Å². The van der Waals surface area contributed by atoms with E-state index in [1.165, 1.54) is 0 Å². The lowest BCUT2D eigenvalue weighted by molar-refractivity contribution is -0.157. The van der Waals surface area contributed by atoms with Crippen LogP contribution in [0.4, 0.5) is 0 Å². The van der Waals surface area contributed by atoms with Crippen molar-refractivity contribution in [3.05, 3.63) is 52.8 Å². The highest BCUT2D eigenvalue weighted by atomic mass is 16.5. The number of nitrogens with zero attached hydrogens (tertiary/aromatic N) is 3. The van der Waals surface area contributed by atoms with Gasteiger partial charge in [-0.05, 0) is 44.0 Å². The molecule has 2 aromatic rings. The quantitative estimate of drug-likeness (QED) is 0.874. The summed E-state index contributed by atoms with van der Waals surface area (Å²) in [7, 11) is 0. The number of aryl methyl sites for hydroxylation is 2. The Morgan fingerprint density at radius 1 is 1.29 bits per heavy atom. The van der Waals surface area contributed by atoms with E-state index in [-0.39, 0.29) is 18.4 Å². The third-order valence-corrected chi connectivity index (χ3v) is 6.06. The number of aromatic nitrogens is 2. The molecule has 0 radical (unpaired) electrons. The minimum atomic E-state index is -0.872. The first-order chi connectivity index (χ1) is 13.4. The summed E-state index contributed by atoms with van der Waals surface area (Å²) in [5.74, 6) is -1.09. The number of aliphatic carboxylic acids is 1. The summed E-state index contributed by atoms with van der Waals surface area (Å²) >= 11 is 0. The smallest absolute Gasteiger partial charge is 0.311 e. The van der Waals surface area contributed by atoms with Gasteiger partial charge < -0.3 is 14.7 Å². The SMILES string of the molecule is Cc1cc(C)n(Cc2ccc(C(=O)N3C[C@H]4COCC[C@@]4(C(=O)O)C3)cc2)n1. The third kappa shape index (κ3) is 3.20. The lowest BCUT2D eigenvalue weighted by Crippen LogP contribution is -2.45. The minimum absolute atomic E-state index is 0.118. The average molecular weight is 383 g/mol. The van der Waals surface area contributed by atoms with Crippen LogP contribution in [-0.2, 0) is 16.1 Å². The van der Waals surface area contributed by atoms with Crippen molar-refractivity contribution in [2.24, 2.45) is 11.3 Å². The van der Waals surface area contributed by atoms with E-state index >= 15 is 0 Å². The molecule has 0 saturated carbocycles. The van der Waals surface area contributed by atoms with Crippen LogP contribution in [-0.4, -0.2) is 58.0 Å². The molecule has 2 aliphatic heterocycles. The fourth-order valence-corrected chi connectivity index (χ4v) is 4.40. The van der Waals surface area contributed by atoms with Crippen LogP contribution >= 0.6 is 0 Å². The molecule has 28 heavy (non-hydrogen) atoms. The van der Waals surface area contributed by atoms with Gasteiger partial charge in [0, 0.05) is 36.9 Å². The second kappa shape index (κ2) is 7.05. The number of rotatable bonds is 4. The monoisotopic (exact) mass is 383 g/mol. The number of hydrogen-bond acceptors (Lipinski definition) is 4. The Morgan fingerprint density at radius 2 is 2.04 bits per heavy atom. The summed E-state index contributed by atoms with van der Waals surface area (Å²) in [4.78, 5) is 26.5. The van der Waals surface area contributed by atoms with Crippen molar-refractivity contribution in [3.63, 3.8) is 0 Å². The number of hydrogen-bond donors (Lipinski definition) is 1. The van der Waals surface area contributed by atoms with Gasteiger partial charge in [0.15, 0.2) is 0 Å². The van der Waals surface area contributed by atoms with Gasteiger partial charge in [0.2, 0.25) is 0 Å². The summed E-state index contributed by atoms with van der Waals surface area (Å²) in [6, 6.07) is 9.53. The molecule has 0 spiro atoms. The van der Waals surface area contributed by atoms with Crippen LogP contribution in [0.2, 0.25) is 0 Å². The number of fused-ring (bicyclic) bond motifs is 1. The van der Waals surface area contributed by atoms with Crippen molar-refractivity contribution in [1.82, 2.24) is 14.7 Å². The van der Waals surface area contributed by atoms with Gasteiger partial charge in [-0.1, -0.05) is 12.1 Å². The molecule has 1 aromatic heterocycles. The van der Waals surface area contributed by atoms with Gasteiger partial charge in [-0.15, -0.1) is 0 Å². The van der Waals surface area contributed by atoms with E-state index in [2.05, 4.69) is 5.10 Å². The molecule has 2 atom stereocenters. The first-order valence-corrected chi connectivity index (χ1v) is 9.59. The Labute approximate surface area is 163 Å². The highest BCUT2D eigenvalue weighted by Crippen LogP contribution is 2.42. The maximum Gasteiger partial charge on any atom is 0.311 e. The first kappa shape index (κ1) is 18.7. The molecular weight excluding hydrogens is 358 g/mol. The number of amides is 1. The van der Waals surface area contributed by atoms with E-state index in [1.54, 1.807) is 4.90 Å². The molecule has 1 amide bonds. The van der Waals surface area contributed by atoms with Gasteiger partial charge in [-0.3, -0.25) is 14.3 Å². The molecule has 2 aliphatic rings. The second-order valence-corrected chi connectivity index (χ2v) is 7.95. The molecule has 0 bridgehead atoms. The first-order valence-electron chi connectivity index (χ1n) is 9.59. The van der Waals surface area contributed by atoms with E-state index in [0.29, 0.717) is 38.3 Å². The maximum absolute atomic E-state index is 13.0. The normalized spacial score (nSPS) is 24.2. The summed E-state index contributed by atoms with van der Waals surface area (Å²) in [5, 5.41) is 14.2. The predicted molar refractivity (Wildman–Crippen MR) is 102 cm³/mol. The number of carbonyl (C=O) groups is 2. The van der Waals surface area contributed by atoms with Crippen LogP contribution in [0.25, 0.3) is 0 Å². The summed E-state index contributed by atoms with van der Waals surface area (Å²) in [6.07, 6.45) is 0.457. The van der Waals surface area contributed by atoms with Crippen LogP contribution in [0, 0.1) is 25.2 Å². The third-order valence-electron chi connectivity index (χ3n) is 6.06. The Balaban J connectivity index is 1.48. The van der Waals surface area contributed by atoms with Gasteiger partial charge in [0.25, 0.3) is 5.91 Å². The maximum atomic E-state index is 13.0. The van der Waals surface area contributed by atoms with E-state index < -0.39 is 11.4 Å². The summed E-state index contributed by atoms with van der Waals surface area (Å²) < 4.78 is 7.40. The topological polar surface area (TPSA) is 84.7 Å². The summed E-state index contributed by atoms with van der Waals surface area (Å²) in [5.41, 5.74) is 2.85. The zero-order valence-electron chi connectivity index (χ0n) is 16.2. The standard InChI is InChI=1S/C21H25N3O4/c1-14-9-15(2)24(22-14)10-16-3-5-17(6-4-16)19(25)23-11-18-12-28-8-7-21(18,13-23)20(26)27/h3-6,9,18H,7-8,10-13H2,1-2H3,(H,26,27)/t18-,21+/m0/s1. The number of benzene rings is 1. The largest absolute Gasteiger partial charge is 0.481 e. The number of carboxylic acid groups (broad SMARTS) is 1. The van der Waals surface area contributed by atoms with Gasteiger partial charge in [-0.25, -0.2) is 0 Å².